The number of carbonyl (C=O) groups excluding carboxylic acids is 1. The smallest absolute Gasteiger partial charge is 0.229 e. The normalized spacial score (nSPS) is 29.1. The van der Waals surface area contributed by atoms with Crippen LogP contribution >= 0.6 is 0 Å². The van der Waals surface area contributed by atoms with Crippen molar-refractivity contribution in [2.45, 2.75) is 38.5 Å². The molecule has 3 fully saturated rings. The van der Waals surface area contributed by atoms with Crippen LogP contribution in [0.25, 0.3) is 0 Å². The summed E-state index contributed by atoms with van der Waals surface area (Å²) < 4.78 is 0. The van der Waals surface area contributed by atoms with Gasteiger partial charge in [0.05, 0.1) is 5.41 Å². The Bertz CT molecular complexity index is 302. The van der Waals surface area contributed by atoms with E-state index >= 15 is 0 Å². The molecule has 1 saturated heterocycles. The van der Waals surface area contributed by atoms with Crippen molar-refractivity contribution in [3.8, 4) is 0 Å². The predicted molar refractivity (Wildman–Crippen MR) is 59.3 cm³/mol. The number of hydrogen-bond acceptors (Lipinski definition) is 1. The van der Waals surface area contributed by atoms with E-state index in [2.05, 4.69) is 11.5 Å². The van der Waals surface area contributed by atoms with Crippen molar-refractivity contribution in [2.75, 3.05) is 13.1 Å². The van der Waals surface area contributed by atoms with E-state index in [9.17, 15) is 4.79 Å². The predicted octanol–water partition coefficient (Wildman–Crippen LogP) is 2.36. The maximum Gasteiger partial charge on any atom is 0.229 e. The number of piperidine rings is 1. The first kappa shape index (κ1) is 9.44. The molecule has 3 aliphatic rings. The monoisotopic (exact) mass is 205 g/mol. The fraction of sp³-hybridized carbons (Fsp3) is 0.769. The van der Waals surface area contributed by atoms with Crippen molar-refractivity contribution in [3.63, 3.8) is 0 Å². The Balaban J connectivity index is 1.67. The van der Waals surface area contributed by atoms with E-state index in [1.165, 1.54) is 18.4 Å². The summed E-state index contributed by atoms with van der Waals surface area (Å²) in [5, 5.41) is 0. The van der Waals surface area contributed by atoms with Gasteiger partial charge < -0.3 is 4.90 Å². The Kier molecular flexibility index (Phi) is 1.95. The van der Waals surface area contributed by atoms with Crippen LogP contribution in [0.2, 0.25) is 0 Å². The van der Waals surface area contributed by atoms with Gasteiger partial charge in [-0.3, -0.25) is 4.79 Å². The number of likely N-dealkylation sites (tertiary alicyclic amines) is 1. The van der Waals surface area contributed by atoms with Crippen LogP contribution in [-0.4, -0.2) is 23.9 Å². The molecule has 1 amide bonds. The van der Waals surface area contributed by atoms with Crippen LogP contribution in [0.1, 0.15) is 38.5 Å². The molecule has 2 heteroatoms. The molecule has 15 heavy (non-hydrogen) atoms. The summed E-state index contributed by atoms with van der Waals surface area (Å²) in [6.07, 6.45) is 6.96. The van der Waals surface area contributed by atoms with Gasteiger partial charge in [0.25, 0.3) is 0 Å². The van der Waals surface area contributed by atoms with Gasteiger partial charge in [0, 0.05) is 13.1 Å². The zero-order valence-electron chi connectivity index (χ0n) is 9.30. The summed E-state index contributed by atoms with van der Waals surface area (Å²) in [6, 6.07) is 0. The highest BCUT2D eigenvalue weighted by molar-refractivity contribution is 5.86. The van der Waals surface area contributed by atoms with E-state index in [0.29, 0.717) is 5.91 Å². The average molecular weight is 205 g/mol. The molecule has 1 aliphatic heterocycles. The molecule has 0 aromatic carbocycles. The SMILES string of the molecule is C=C1CCN(C(=O)C2(C3CC3)CC2)CC1. The van der Waals surface area contributed by atoms with Gasteiger partial charge in [0.2, 0.25) is 5.91 Å². The molecule has 0 N–H and O–H groups in total. The maximum atomic E-state index is 12.4. The summed E-state index contributed by atoms with van der Waals surface area (Å²) in [7, 11) is 0. The standard InChI is InChI=1S/C13H19NO/c1-10-4-8-14(9-5-10)12(15)13(6-7-13)11-2-3-11/h11H,1-9H2. The quantitative estimate of drug-likeness (QED) is 0.634. The second-order valence-corrected chi connectivity index (χ2v) is 5.47. The Hall–Kier alpha value is -0.790. The van der Waals surface area contributed by atoms with E-state index in [4.69, 9.17) is 0 Å². The van der Waals surface area contributed by atoms with Gasteiger partial charge in [0.15, 0.2) is 0 Å². The molecule has 82 valence electrons. The lowest BCUT2D eigenvalue weighted by molar-refractivity contribution is -0.138. The van der Waals surface area contributed by atoms with Crippen molar-refractivity contribution < 1.29 is 4.79 Å². The first-order chi connectivity index (χ1) is 7.22. The molecule has 0 aromatic heterocycles. The van der Waals surface area contributed by atoms with Crippen LogP contribution < -0.4 is 0 Å². The molecule has 2 aliphatic carbocycles. The highest BCUT2D eigenvalue weighted by Gasteiger charge is 2.60. The molecule has 0 spiro atoms. The van der Waals surface area contributed by atoms with Gasteiger partial charge >= 0.3 is 0 Å². The molecule has 1 heterocycles. The van der Waals surface area contributed by atoms with Gasteiger partial charge in [-0.25, -0.2) is 0 Å². The third-order valence-corrected chi connectivity index (χ3v) is 4.33. The minimum atomic E-state index is 0.124. The van der Waals surface area contributed by atoms with E-state index in [-0.39, 0.29) is 5.41 Å². The number of carbonyl (C=O) groups is 1. The van der Waals surface area contributed by atoms with Crippen molar-refractivity contribution >= 4 is 5.91 Å². The fourth-order valence-corrected chi connectivity index (χ4v) is 2.91. The van der Waals surface area contributed by atoms with Gasteiger partial charge in [0.1, 0.15) is 0 Å². The number of nitrogens with zero attached hydrogens (tertiary/aromatic N) is 1. The lowest BCUT2D eigenvalue weighted by Gasteiger charge is -2.31. The van der Waals surface area contributed by atoms with Crippen molar-refractivity contribution in [3.05, 3.63) is 12.2 Å². The molecule has 0 unspecified atom stereocenters. The zero-order valence-corrected chi connectivity index (χ0v) is 9.30. The molecule has 0 aromatic rings. The third kappa shape index (κ3) is 1.51. The molecule has 2 nitrogen and oxygen atoms in total. The lowest BCUT2D eigenvalue weighted by Crippen LogP contribution is -2.41. The topological polar surface area (TPSA) is 20.3 Å². The molecular weight excluding hydrogens is 186 g/mol. The molecule has 2 saturated carbocycles. The Morgan fingerprint density at radius 2 is 1.87 bits per heavy atom. The second-order valence-electron chi connectivity index (χ2n) is 5.47. The minimum absolute atomic E-state index is 0.124. The summed E-state index contributed by atoms with van der Waals surface area (Å²) in [5.41, 5.74) is 1.44. The molecule has 3 rings (SSSR count). The Morgan fingerprint density at radius 1 is 1.27 bits per heavy atom. The van der Waals surface area contributed by atoms with E-state index < -0.39 is 0 Å². The Labute approximate surface area is 91.3 Å². The van der Waals surface area contributed by atoms with Crippen molar-refractivity contribution in [2.24, 2.45) is 11.3 Å². The minimum Gasteiger partial charge on any atom is -0.342 e. The van der Waals surface area contributed by atoms with Crippen LogP contribution in [0.15, 0.2) is 12.2 Å². The van der Waals surface area contributed by atoms with Crippen LogP contribution in [0.3, 0.4) is 0 Å². The first-order valence-electron chi connectivity index (χ1n) is 6.18. The number of rotatable bonds is 2. The highest BCUT2D eigenvalue weighted by Crippen LogP contribution is 2.62. The van der Waals surface area contributed by atoms with Crippen molar-refractivity contribution in [1.82, 2.24) is 4.90 Å². The fourth-order valence-electron chi connectivity index (χ4n) is 2.91. The molecular formula is C13H19NO. The summed E-state index contributed by atoms with van der Waals surface area (Å²) >= 11 is 0. The largest absolute Gasteiger partial charge is 0.342 e. The summed E-state index contributed by atoms with van der Waals surface area (Å²) in [4.78, 5) is 14.5. The molecule has 0 radical (unpaired) electrons. The van der Waals surface area contributed by atoms with Gasteiger partial charge in [-0.15, -0.1) is 0 Å². The molecule has 0 bridgehead atoms. The zero-order chi connectivity index (χ0) is 10.5. The number of amides is 1. The van der Waals surface area contributed by atoms with Crippen LogP contribution in [-0.2, 0) is 4.79 Å². The van der Waals surface area contributed by atoms with E-state index in [1.807, 2.05) is 0 Å². The second kappa shape index (κ2) is 3.10. The lowest BCUT2D eigenvalue weighted by atomic mass is 9.96. The average Bonchev–Trinajstić information content (AvgIpc) is 3.09. The highest BCUT2D eigenvalue weighted by atomic mass is 16.2. The summed E-state index contributed by atoms with van der Waals surface area (Å²) in [6.45, 7) is 5.84. The van der Waals surface area contributed by atoms with Crippen LogP contribution in [0, 0.1) is 11.3 Å². The van der Waals surface area contributed by atoms with Gasteiger partial charge in [-0.2, -0.15) is 0 Å². The maximum absolute atomic E-state index is 12.4. The van der Waals surface area contributed by atoms with E-state index in [1.54, 1.807) is 0 Å². The van der Waals surface area contributed by atoms with Crippen LogP contribution in [0.4, 0.5) is 0 Å². The molecule has 0 atom stereocenters. The number of hydrogen-bond donors (Lipinski definition) is 0. The summed E-state index contributed by atoms with van der Waals surface area (Å²) in [5.74, 6) is 1.22. The Morgan fingerprint density at radius 3 is 2.33 bits per heavy atom. The van der Waals surface area contributed by atoms with Crippen LogP contribution in [0.5, 0.6) is 0 Å². The van der Waals surface area contributed by atoms with E-state index in [0.717, 1.165) is 44.7 Å². The first-order valence-corrected chi connectivity index (χ1v) is 6.18. The van der Waals surface area contributed by atoms with Gasteiger partial charge in [-0.1, -0.05) is 12.2 Å². The third-order valence-electron chi connectivity index (χ3n) is 4.33. The van der Waals surface area contributed by atoms with Gasteiger partial charge in [-0.05, 0) is 44.4 Å². The van der Waals surface area contributed by atoms with Crippen molar-refractivity contribution in [1.29, 1.82) is 0 Å².